The number of H-pyrrole nitrogens is 1. The Hall–Kier alpha value is -1.84. The molecule has 2 atom stereocenters. The highest BCUT2D eigenvalue weighted by atomic mass is 16.3. The Morgan fingerprint density at radius 2 is 1.21 bits per heavy atom. The molecular weight excluding hydrogens is 238 g/mol. The number of aromatic amines is 1. The summed E-state index contributed by atoms with van der Waals surface area (Å²) in [7, 11) is 0. The Morgan fingerprint density at radius 1 is 0.789 bits per heavy atom. The number of fused-ring (bicyclic) bond motifs is 3. The van der Waals surface area contributed by atoms with E-state index in [2.05, 4.69) is 4.98 Å². The van der Waals surface area contributed by atoms with E-state index in [9.17, 15) is 10.2 Å². The van der Waals surface area contributed by atoms with Crippen molar-refractivity contribution in [2.24, 2.45) is 0 Å². The Bertz CT molecular complexity index is 679. The van der Waals surface area contributed by atoms with E-state index in [-0.39, 0.29) is 0 Å². The Labute approximate surface area is 111 Å². The summed E-state index contributed by atoms with van der Waals surface area (Å²) in [5, 5.41) is 21.5. The van der Waals surface area contributed by atoms with Crippen LogP contribution in [0.2, 0.25) is 0 Å². The standard InChI is InChI=1S/C16H17NO2/c1-9(18)11-3-5-15-13(7-11)14-8-12(10(2)19)4-6-16(14)17-15/h3-10,17-19H,1-2H3. The van der Waals surface area contributed by atoms with E-state index < -0.39 is 12.2 Å². The van der Waals surface area contributed by atoms with Crippen LogP contribution in [0, 0.1) is 0 Å². The maximum absolute atomic E-state index is 9.69. The lowest BCUT2D eigenvalue weighted by atomic mass is 10.0. The van der Waals surface area contributed by atoms with Crippen LogP contribution < -0.4 is 0 Å². The van der Waals surface area contributed by atoms with Gasteiger partial charge in [0.1, 0.15) is 0 Å². The number of aliphatic hydroxyl groups excluding tert-OH is 2. The summed E-state index contributed by atoms with van der Waals surface area (Å²) < 4.78 is 0. The fourth-order valence-electron chi connectivity index (χ4n) is 2.45. The molecule has 0 bridgehead atoms. The smallest absolute Gasteiger partial charge is 0.0762 e. The first-order valence-electron chi connectivity index (χ1n) is 6.47. The van der Waals surface area contributed by atoms with Gasteiger partial charge in [0.2, 0.25) is 0 Å². The highest BCUT2D eigenvalue weighted by molar-refractivity contribution is 6.07. The van der Waals surface area contributed by atoms with Crippen LogP contribution >= 0.6 is 0 Å². The summed E-state index contributed by atoms with van der Waals surface area (Å²) in [5.74, 6) is 0. The molecule has 98 valence electrons. The molecule has 0 aliphatic rings. The van der Waals surface area contributed by atoms with Crippen LogP contribution in [0.3, 0.4) is 0 Å². The van der Waals surface area contributed by atoms with Crippen molar-refractivity contribution in [2.45, 2.75) is 26.1 Å². The quantitative estimate of drug-likeness (QED) is 0.657. The molecule has 19 heavy (non-hydrogen) atoms. The molecule has 3 N–H and O–H groups in total. The summed E-state index contributed by atoms with van der Waals surface area (Å²) >= 11 is 0. The molecule has 3 nitrogen and oxygen atoms in total. The van der Waals surface area contributed by atoms with E-state index in [1.54, 1.807) is 13.8 Å². The molecule has 3 heteroatoms. The van der Waals surface area contributed by atoms with Crippen LogP contribution in [0.5, 0.6) is 0 Å². The SMILES string of the molecule is CC(O)c1ccc2[nH]c3ccc(C(C)O)cc3c2c1. The third-order valence-electron chi connectivity index (χ3n) is 3.61. The number of hydrogen-bond donors (Lipinski definition) is 3. The lowest BCUT2D eigenvalue weighted by molar-refractivity contribution is 0.199. The predicted molar refractivity (Wildman–Crippen MR) is 77.1 cm³/mol. The molecule has 2 aromatic carbocycles. The van der Waals surface area contributed by atoms with Crippen LogP contribution in [-0.4, -0.2) is 15.2 Å². The van der Waals surface area contributed by atoms with Gasteiger partial charge in [-0.3, -0.25) is 0 Å². The minimum Gasteiger partial charge on any atom is -0.389 e. The number of aromatic nitrogens is 1. The first kappa shape index (κ1) is 12.2. The van der Waals surface area contributed by atoms with E-state index in [0.29, 0.717) is 0 Å². The summed E-state index contributed by atoms with van der Waals surface area (Å²) in [6.45, 7) is 3.52. The first-order valence-corrected chi connectivity index (χ1v) is 6.47. The molecule has 3 rings (SSSR count). The molecule has 3 aromatic rings. The lowest BCUT2D eigenvalue weighted by Crippen LogP contribution is -1.90. The van der Waals surface area contributed by atoms with Crippen molar-refractivity contribution < 1.29 is 10.2 Å². The third kappa shape index (κ3) is 2.01. The zero-order valence-electron chi connectivity index (χ0n) is 11.0. The van der Waals surface area contributed by atoms with Crippen molar-refractivity contribution in [3.8, 4) is 0 Å². The molecule has 2 unspecified atom stereocenters. The van der Waals surface area contributed by atoms with Gasteiger partial charge in [0, 0.05) is 21.8 Å². The minimum absolute atomic E-state index is 0.478. The highest BCUT2D eigenvalue weighted by Gasteiger charge is 2.09. The van der Waals surface area contributed by atoms with Crippen LogP contribution in [-0.2, 0) is 0 Å². The van der Waals surface area contributed by atoms with Gasteiger partial charge in [-0.05, 0) is 49.2 Å². The zero-order chi connectivity index (χ0) is 13.6. The third-order valence-corrected chi connectivity index (χ3v) is 3.61. The Balaban J connectivity index is 2.31. The van der Waals surface area contributed by atoms with Gasteiger partial charge in [-0.25, -0.2) is 0 Å². The molecule has 1 heterocycles. The van der Waals surface area contributed by atoms with E-state index in [1.165, 1.54) is 0 Å². The summed E-state index contributed by atoms with van der Waals surface area (Å²) in [6, 6.07) is 11.8. The number of nitrogens with one attached hydrogen (secondary N) is 1. The second kappa shape index (κ2) is 4.37. The van der Waals surface area contributed by atoms with Gasteiger partial charge in [-0.2, -0.15) is 0 Å². The summed E-state index contributed by atoms with van der Waals surface area (Å²) in [6.07, 6.45) is -0.955. The molecule has 1 aromatic heterocycles. The van der Waals surface area contributed by atoms with Gasteiger partial charge in [-0.15, -0.1) is 0 Å². The van der Waals surface area contributed by atoms with E-state index in [1.807, 2.05) is 36.4 Å². The molecule has 0 fully saturated rings. The van der Waals surface area contributed by atoms with Crippen LogP contribution in [0.4, 0.5) is 0 Å². The maximum Gasteiger partial charge on any atom is 0.0762 e. The van der Waals surface area contributed by atoms with Gasteiger partial charge in [-0.1, -0.05) is 12.1 Å². The molecule has 0 saturated carbocycles. The van der Waals surface area contributed by atoms with Gasteiger partial charge >= 0.3 is 0 Å². The molecule has 0 aliphatic carbocycles. The van der Waals surface area contributed by atoms with E-state index in [0.717, 1.165) is 32.9 Å². The second-order valence-corrected chi connectivity index (χ2v) is 5.09. The fraction of sp³-hybridized carbons (Fsp3) is 0.250. The van der Waals surface area contributed by atoms with Crippen LogP contribution in [0.1, 0.15) is 37.2 Å². The zero-order valence-corrected chi connectivity index (χ0v) is 11.0. The first-order chi connectivity index (χ1) is 9.06. The molecule has 0 amide bonds. The Morgan fingerprint density at radius 3 is 1.58 bits per heavy atom. The van der Waals surface area contributed by atoms with Gasteiger partial charge < -0.3 is 15.2 Å². The number of aliphatic hydroxyl groups is 2. The lowest BCUT2D eigenvalue weighted by Gasteiger charge is -2.05. The molecule has 0 saturated heterocycles. The largest absolute Gasteiger partial charge is 0.389 e. The van der Waals surface area contributed by atoms with Gasteiger partial charge in [0.05, 0.1) is 12.2 Å². The number of benzene rings is 2. The van der Waals surface area contributed by atoms with Crippen LogP contribution in [0.15, 0.2) is 36.4 Å². The molecular formula is C16H17NO2. The highest BCUT2D eigenvalue weighted by Crippen LogP contribution is 2.30. The van der Waals surface area contributed by atoms with Crippen LogP contribution in [0.25, 0.3) is 21.8 Å². The van der Waals surface area contributed by atoms with Crippen molar-refractivity contribution in [3.05, 3.63) is 47.5 Å². The van der Waals surface area contributed by atoms with E-state index in [4.69, 9.17) is 0 Å². The predicted octanol–water partition coefficient (Wildman–Crippen LogP) is 3.43. The van der Waals surface area contributed by atoms with Crippen molar-refractivity contribution in [1.82, 2.24) is 4.98 Å². The summed E-state index contributed by atoms with van der Waals surface area (Å²) in [4.78, 5) is 3.35. The molecule has 0 aliphatic heterocycles. The van der Waals surface area contributed by atoms with Crippen molar-refractivity contribution in [2.75, 3.05) is 0 Å². The maximum atomic E-state index is 9.69. The van der Waals surface area contributed by atoms with Gasteiger partial charge in [0.25, 0.3) is 0 Å². The van der Waals surface area contributed by atoms with E-state index >= 15 is 0 Å². The topological polar surface area (TPSA) is 56.2 Å². The number of hydrogen-bond acceptors (Lipinski definition) is 2. The average molecular weight is 255 g/mol. The van der Waals surface area contributed by atoms with Crippen molar-refractivity contribution >= 4 is 21.8 Å². The van der Waals surface area contributed by atoms with Gasteiger partial charge in [0.15, 0.2) is 0 Å². The second-order valence-electron chi connectivity index (χ2n) is 5.09. The van der Waals surface area contributed by atoms with Crippen molar-refractivity contribution in [3.63, 3.8) is 0 Å². The monoisotopic (exact) mass is 255 g/mol. The Kier molecular flexibility index (Phi) is 2.81. The normalized spacial score (nSPS) is 14.9. The minimum atomic E-state index is -0.478. The molecule has 0 spiro atoms. The average Bonchev–Trinajstić information content (AvgIpc) is 2.75. The van der Waals surface area contributed by atoms with Crippen molar-refractivity contribution in [1.29, 1.82) is 0 Å². The number of rotatable bonds is 2. The fourth-order valence-corrected chi connectivity index (χ4v) is 2.45. The molecule has 0 radical (unpaired) electrons. The summed E-state index contributed by atoms with van der Waals surface area (Å²) in [5.41, 5.74) is 3.89.